The van der Waals surface area contributed by atoms with E-state index in [1.54, 1.807) is 20.0 Å². The monoisotopic (exact) mass is 874 g/mol. The molecule has 1 aromatic carbocycles. The summed E-state index contributed by atoms with van der Waals surface area (Å²) in [6.07, 6.45) is 1.58. The standard InChI is InChI=1S/C44H57F3N4O9S/c1-27-10-6-7-11-29-23-43(29,40(55)49-61(56,57)42(5)14-15-42)24-36(52)34-21-30(59-38-32-13-9-8-12-31(32)35(25-48-38)50-16-18-58-19-17-50)26-51(34)39(54)33(28(2)20-27)22-37(53)60-41(3,4)44(45,46)47/h7-9,11-13,25,27-30,33-34H,6,10,14-24,26H2,1-5H3,(H,49,55)/b11-7-/t27-,28+,29+,30+,33-,34-,43+/m0/s1. The molecule has 2 saturated heterocycles. The molecule has 2 saturated carbocycles. The predicted octanol–water partition coefficient (Wildman–Crippen LogP) is 6.29. The molecule has 13 nitrogen and oxygen atoms in total. The summed E-state index contributed by atoms with van der Waals surface area (Å²) in [4.78, 5) is 65.3. The van der Waals surface area contributed by atoms with Gasteiger partial charge in [0.15, 0.2) is 5.78 Å². The largest absolute Gasteiger partial charge is 0.472 e. The number of hydrogen-bond acceptors (Lipinski definition) is 11. The third kappa shape index (κ3) is 9.28. The molecule has 2 aromatic rings. The fraction of sp³-hybridized carbons (Fsp3) is 0.659. The van der Waals surface area contributed by atoms with Crippen LogP contribution in [0.1, 0.15) is 92.4 Å². The number of alkyl halides is 3. The highest BCUT2D eigenvalue weighted by atomic mass is 32.2. The molecule has 1 N–H and O–H groups in total. The van der Waals surface area contributed by atoms with Gasteiger partial charge in [0.2, 0.25) is 33.3 Å². The first-order chi connectivity index (χ1) is 28.6. The second-order valence-electron chi connectivity index (χ2n) is 18.7. The summed E-state index contributed by atoms with van der Waals surface area (Å²) in [5.74, 6) is -4.86. The van der Waals surface area contributed by atoms with Gasteiger partial charge in [0.25, 0.3) is 0 Å². The van der Waals surface area contributed by atoms with E-state index in [4.69, 9.17) is 19.2 Å². The highest BCUT2D eigenvalue weighted by Crippen LogP contribution is 2.58. The molecule has 17 heteroatoms. The molecular weight excluding hydrogens is 818 g/mol. The molecule has 5 aliphatic rings. The number of amides is 2. The molecule has 7 rings (SSSR count). The van der Waals surface area contributed by atoms with Crippen molar-refractivity contribution in [1.82, 2.24) is 14.6 Å². The van der Waals surface area contributed by atoms with Gasteiger partial charge in [0.05, 0.1) is 60.2 Å². The van der Waals surface area contributed by atoms with E-state index in [9.17, 15) is 40.8 Å². The number of ether oxygens (including phenoxy) is 3. The predicted molar refractivity (Wildman–Crippen MR) is 220 cm³/mol. The first-order valence-corrected chi connectivity index (χ1v) is 22.9. The Morgan fingerprint density at radius 1 is 1.05 bits per heavy atom. The maximum atomic E-state index is 15.0. The molecule has 0 spiro atoms. The van der Waals surface area contributed by atoms with Crippen molar-refractivity contribution >= 4 is 50.1 Å². The van der Waals surface area contributed by atoms with Crippen LogP contribution in [-0.2, 0) is 38.7 Å². The smallest absolute Gasteiger partial charge is 0.427 e. The molecule has 0 unspecified atom stereocenters. The number of nitrogens with zero attached hydrogens (tertiary/aromatic N) is 3. The Bertz CT molecular complexity index is 2170. The minimum absolute atomic E-state index is 0.0105. The van der Waals surface area contributed by atoms with Crippen molar-refractivity contribution in [3.63, 3.8) is 0 Å². The van der Waals surface area contributed by atoms with Gasteiger partial charge in [0, 0.05) is 36.7 Å². The number of aromatic nitrogens is 1. The van der Waals surface area contributed by atoms with Crippen LogP contribution in [0.2, 0.25) is 0 Å². The highest BCUT2D eigenvalue weighted by molar-refractivity contribution is 7.91. The summed E-state index contributed by atoms with van der Waals surface area (Å²) >= 11 is 0. The van der Waals surface area contributed by atoms with Crippen molar-refractivity contribution < 1.29 is 55.0 Å². The van der Waals surface area contributed by atoms with Crippen LogP contribution in [-0.4, -0.2) is 103 Å². The number of sulfonamides is 1. The minimum Gasteiger partial charge on any atom is -0.472 e. The summed E-state index contributed by atoms with van der Waals surface area (Å²) in [5, 5.41) is 1.59. The topological polar surface area (TPSA) is 162 Å². The number of carbonyl (C=O) groups excluding carboxylic acids is 4. The number of benzene rings is 1. The van der Waals surface area contributed by atoms with Gasteiger partial charge in [-0.2, -0.15) is 13.2 Å². The van der Waals surface area contributed by atoms with Crippen LogP contribution in [0.5, 0.6) is 5.88 Å². The van der Waals surface area contributed by atoms with Gasteiger partial charge >= 0.3 is 12.1 Å². The van der Waals surface area contributed by atoms with Gasteiger partial charge in [-0.05, 0) is 83.1 Å². The molecule has 0 bridgehead atoms. The number of rotatable bonds is 9. The maximum absolute atomic E-state index is 15.0. The third-order valence-electron chi connectivity index (χ3n) is 13.6. The molecule has 1 aromatic heterocycles. The number of allylic oxidation sites excluding steroid dienone is 2. The number of hydrogen-bond donors (Lipinski definition) is 1. The average molecular weight is 875 g/mol. The SMILES string of the molecule is C[C@H]1CC/C=C\[C@@H]2C[C@@]2(C(=O)NS(=O)(=O)C2(C)CC2)CC(=O)[C@@H]2C[C@@H](Oc3ncc(N4CCOCC4)c4ccccc34)CN2C(=O)[C@@H](CC(=O)OC(C)(C)C(F)(F)F)[C@H](C)C1. The fourth-order valence-electron chi connectivity index (χ4n) is 9.11. The average Bonchev–Trinajstić information content (AvgIpc) is 4.08. The highest BCUT2D eigenvalue weighted by Gasteiger charge is 2.63. The van der Waals surface area contributed by atoms with Crippen LogP contribution in [0.15, 0.2) is 42.6 Å². The summed E-state index contributed by atoms with van der Waals surface area (Å²) in [6, 6.07) is 6.43. The van der Waals surface area contributed by atoms with Crippen molar-refractivity contribution in [2.75, 3.05) is 37.7 Å². The van der Waals surface area contributed by atoms with Gasteiger partial charge in [-0.25, -0.2) is 13.4 Å². The Morgan fingerprint density at radius 2 is 1.74 bits per heavy atom. The Hall–Kier alpha value is -4.25. The van der Waals surface area contributed by atoms with E-state index in [1.165, 1.54) is 4.90 Å². The van der Waals surface area contributed by atoms with Gasteiger partial charge in [-0.3, -0.25) is 23.9 Å². The number of Topliss-reactive ketones (excluding diaryl/α,β-unsaturated/α-hetero) is 1. The molecule has 0 radical (unpaired) electrons. The van der Waals surface area contributed by atoms with Crippen LogP contribution >= 0.6 is 0 Å². The molecule has 3 aliphatic heterocycles. The summed E-state index contributed by atoms with van der Waals surface area (Å²) in [7, 11) is -4.03. The van der Waals surface area contributed by atoms with Crippen LogP contribution in [0.25, 0.3) is 10.8 Å². The van der Waals surface area contributed by atoms with Crippen LogP contribution in [0.4, 0.5) is 18.9 Å². The van der Waals surface area contributed by atoms with Crippen LogP contribution in [0, 0.1) is 29.1 Å². The minimum atomic E-state index is -4.86. The maximum Gasteiger partial charge on any atom is 0.427 e. The molecule has 7 atom stereocenters. The van der Waals surface area contributed by atoms with E-state index in [2.05, 4.69) is 9.62 Å². The summed E-state index contributed by atoms with van der Waals surface area (Å²) in [6.45, 7) is 9.20. The van der Waals surface area contributed by atoms with E-state index in [0.29, 0.717) is 63.8 Å². The summed E-state index contributed by atoms with van der Waals surface area (Å²) < 4.78 is 86.3. The van der Waals surface area contributed by atoms with Crippen molar-refractivity contribution in [2.24, 2.45) is 29.1 Å². The lowest BCUT2D eigenvalue weighted by atomic mass is 9.82. The van der Waals surface area contributed by atoms with Crippen LogP contribution in [0.3, 0.4) is 0 Å². The fourth-order valence-corrected chi connectivity index (χ4v) is 10.4. The second kappa shape index (κ2) is 16.8. The number of fused-ring (bicyclic) bond motifs is 3. The zero-order valence-electron chi connectivity index (χ0n) is 35.5. The lowest BCUT2D eigenvalue weighted by molar-refractivity contribution is -0.257. The number of nitrogens with one attached hydrogen (secondary N) is 1. The van der Waals surface area contributed by atoms with Gasteiger partial charge in [-0.15, -0.1) is 0 Å². The van der Waals surface area contributed by atoms with Gasteiger partial charge in [0.1, 0.15) is 6.10 Å². The van der Waals surface area contributed by atoms with Crippen molar-refractivity contribution in [3.05, 3.63) is 42.6 Å². The molecular formula is C44H57F3N4O9S. The van der Waals surface area contributed by atoms with Crippen LogP contribution < -0.4 is 14.4 Å². The third-order valence-corrected chi connectivity index (χ3v) is 15.8. The van der Waals surface area contributed by atoms with Gasteiger partial charge < -0.3 is 24.0 Å². The zero-order chi connectivity index (χ0) is 44.1. The molecule has 4 heterocycles. The number of ketones is 1. The molecule has 4 fully saturated rings. The van der Waals surface area contributed by atoms with E-state index >= 15 is 0 Å². The molecule has 2 aliphatic carbocycles. The number of pyridine rings is 1. The lowest BCUT2D eigenvalue weighted by Gasteiger charge is -2.33. The van der Waals surface area contributed by atoms with E-state index in [0.717, 1.165) is 24.9 Å². The Morgan fingerprint density at radius 3 is 2.41 bits per heavy atom. The van der Waals surface area contributed by atoms with Crippen molar-refractivity contribution in [3.8, 4) is 5.88 Å². The van der Waals surface area contributed by atoms with E-state index in [-0.39, 0.29) is 37.6 Å². The Kier molecular flexibility index (Phi) is 12.3. The number of anilines is 1. The normalized spacial score (nSPS) is 30.4. The first-order valence-electron chi connectivity index (χ1n) is 21.4. The number of esters is 1. The van der Waals surface area contributed by atoms with E-state index in [1.807, 2.05) is 43.3 Å². The Balaban J connectivity index is 1.22. The quantitative estimate of drug-likeness (QED) is 0.223. The molecule has 61 heavy (non-hydrogen) atoms. The number of carbonyl (C=O) groups is 4. The molecule has 334 valence electrons. The van der Waals surface area contributed by atoms with Crippen molar-refractivity contribution in [1.29, 1.82) is 0 Å². The molecule has 2 amide bonds. The summed E-state index contributed by atoms with van der Waals surface area (Å²) in [5.41, 5.74) is -3.29. The van der Waals surface area contributed by atoms with E-state index < -0.39 is 91.8 Å². The second-order valence-corrected chi connectivity index (χ2v) is 20.9. The Labute approximate surface area is 355 Å². The van der Waals surface area contributed by atoms with Crippen molar-refractivity contribution in [2.45, 2.75) is 121 Å². The zero-order valence-corrected chi connectivity index (χ0v) is 36.3. The number of morpholine rings is 1. The first kappa shape index (κ1) is 44.8. The lowest BCUT2D eigenvalue weighted by Crippen LogP contribution is -2.48. The van der Waals surface area contributed by atoms with Gasteiger partial charge in [-0.1, -0.05) is 44.2 Å². The number of halogens is 3.